The Hall–Kier alpha value is -3.09. The number of nitrogens with two attached hydrogens (primary N) is 1. The number of ketones is 1. The van der Waals surface area contributed by atoms with Gasteiger partial charge in [-0.15, -0.1) is 23.1 Å². The zero-order valence-electron chi connectivity index (χ0n) is 17.8. The molecule has 164 valence electrons. The number of nitro groups is 1. The largest absolute Gasteiger partial charge is 0.384 e. The summed E-state index contributed by atoms with van der Waals surface area (Å²) in [4.78, 5) is 25.9. The lowest BCUT2D eigenvalue weighted by Crippen LogP contribution is -2.39. The molecule has 1 aromatic heterocycles. The van der Waals surface area contributed by atoms with Crippen molar-refractivity contribution in [1.29, 1.82) is 5.26 Å². The number of hydrogen-bond donors (Lipinski definition) is 1. The van der Waals surface area contributed by atoms with Crippen molar-refractivity contribution in [3.8, 4) is 6.07 Å². The lowest BCUT2D eigenvalue weighted by molar-refractivity contribution is -0.384. The third-order valence-electron chi connectivity index (χ3n) is 5.80. The highest BCUT2D eigenvalue weighted by Gasteiger charge is 2.41. The molecule has 2 aromatic rings. The van der Waals surface area contributed by atoms with Crippen LogP contribution < -0.4 is 10.6 Å². The van der Waals surface area contributed by atoms with Crippen LogP contribution in [0.1, 0.15) is 43.2 Å². The number of anilines is 1. The lowest BCUT2D eigenvalue weighted by atomic mass is 9.76. The third-order valence-corrected chi connectivity index (χ3v) is 7.95. The van der Waals surface area contributed by atoms with Crippen LogP contribution in [0, 0.1) is 28.4 Å². The summed E-state index contributed by atoms with van der Waals surface area (Å²) in [7, 11) is 0. The van der Waals surface area contributed by atoms with E-state index in [0.29, 0.717) is 36.1 Å². The van der Waals surface area contributed by atoms with Crippen molar-refractivity contribution in [1.82, 2.24) is 0 Å². The molecular formula is C23H22N4O3S2. The second-order valence-corrected chi connectivity index (χ2v) is 10.1. The number of nitrogens with zero attached hydrogens (tertiary/aromatic N) is 3. The normalized spacial score (nSPS) is 18.6. The number of rotatable bonds is 5. The Morgan fingerprint density at radius 1 is 1.38 bits per heavy atom. The molecular weight excluding hydrogens is 444 g/mol. The molecule has 4 rings (SSSR count). The summed E-state index contributed by atoms with van der Waals surface area (Å²) < 4.78 is 1.07. The predicted octanol–water partition coefficient (Wildman–Crippen LogP) is 5.38. The van der Waals surface area contributed by atoms with Crippen molar-refractivity contribution >= 4 is 40.3 Å². The summed E-state index contributed by atoms with van der Waals surface area (Å²) in [5.41, 5.74) is 10.4. The molecule has 0 radical (unpaired) electrons. The number of benzene rings is 1. The van der Waals surface area contributed by atoms with Gasteiger partial charge in [0.2, 0.25) is 0 Å². The number of aryl methyl sites for hydroxylation is 1. The summed E-state index contributed by atoms with van der Waals surface area (Å²) in [6.07, 6.45) is 1.69. The van der Waals surface area contributed by atoms with Crippen LogP contribution in [0.15, 0.2) is 56.5 Å². The van der Waals surface area contributed by atoms with Gasteiger partial charge in [-0.1, -0.05) is 13.0 Å². The summed E-state index contributed by atoms with van der Waals surface area (Å²) >= 11 is 3.28. The van der Waals surface area contributed by atoms with Crippen molar-refractivity contribution in [3.63, 3.8) is 0 Å². The topological polar surface area (TPSA) is 113 Å². The Balaban J connectivity index is 1.98. The first kappa shape index (κ1) is 22.1. The van der Waals surface area contributed by atoms with Crippen molar-refractivity contribution < 1.29 is 9.72 Å². The number of Topliss-reactive ketones (excluding diaryl/α,β-unsaturated/α-hetero) is 1. The number of thioether (sulfide) groups is 1. The number of allylic oxidation sites excluding steroid dienone is 3. The van der Waals surface area contributed by atoms with E-state index in [4.69, 9.17) is 5.73 Å². The molecule has 0 saturated carbocycles. The Morgan fingerprint density at radius 3 is 2.84 bits per heavy atom. The maximum Gasteiger partial charge on any atom is 0.271 e. The van der Waals surface area contributed by atoms with Gasteiger partial charge in [0.1, 0.15) is 5.82 Å². The fraction of sp³-hybridized carbons (Fsp3) is 0.304. The molecule has 1 atom stereocenters. The third kappa shape index (κ3) is 3.59. The van der Waals surface area contributed by atoms with Crippen LogP contribution in [-0.2, 0) is 4.79 Å². The van der Waals surface area contributed by atoms with Crippen molar-refractivity contribution in [3.05, 3.63) is 73.6 Å². The van der Waals surface area contributed by atoms with Gasteiger partial charge in [-0.2, -0.15) is 5.26 Å². The molecule has 0 bridgehead atoms. The first-order valence-corrected chi connectivity index (χ1v) is 12.2. The Bertz CT molecular complexity index is 1220. The molecule has 2 N–H and O–H groups in total. The molecule has 9 heteroatoms. The molecule has 1 unspecified atom stereocenters. The van der Waals surface area contributed by atoms with Crippen LogP contribution >= 0.6 is 23.1 Å². The van der Waals surface area contributed by atoms with Crippen molar-refractivity contribution in [2.75, 3.05) is 10.7 Å². The maximum absolute atomic E-state index is 13.2. The summed E-state index contributed by atoms with van der Waals surface area (Å²) in [5.74, 6) is 0.593. The highest BCUT2D eigenvalue weighted by atomic mass is 32.2. The quantitative estimate of drug-likeness (QED) is 0.357. The number of nitriles is 1. The first-order valence-electron chi connectivity index (χ1n) is 10.3. The summed E-state index contributed by atoms with van der Waals surface area (Å²) in [6, 6.07) is 8.80. The number of non-ortho nitro benzene ring substituents is 1. The monoisotopic (exact) mass is 466 g/mol. The molecule has 1 aromatic carbocycles. The van der Waals surface area contributed by atoms with Crippen molar-refractivity contribution in [2.45, 2.75) is 43.2 Å². The van der Waals surface area contributed by atoms with E-state index in [0.717, 1.165) is 26.8 Å². The fourth-order valence-electron chi connectivity index (χ4n) is 4.39. The molecule has 0 fully saturated rings. The van der Waals surface area contributed by atoms with Crippen LogP contribution in [0.25, 0.3) is 0 Å². The minimum atomic E-state index is -0.515. The van der Waals surface area contributed by atoms with Gasteiger partial charge in [0, 0.05) is 29.8 Å². The van der Waals surface area contributed by atoms with Gasteiger partial charge in [0.05, 0.1) is 32.4 Å². The average Bonchev–Trinajstić information content (AvgIpc) is 3.22. The van der Waals surface area contributed by atoms with E-state index in [1.807, 2.05) is 18.4 Å². The zero-order valence-corrected chi connectivity index (χ0v) is 19.4. The first-order chi connectivity index (χ1) is 15.4. The number of nitro benzene ring substituents is 1. The van der Waals surface area contributed by atoms with E-state index >= 15 is 0 Å². The fourth-order valence-corrected chi connectivity index (χ4v) is 6.46. The van der Waals surface area contributed by atoms with E-state index in [9.17, 15) is 20.2 Å². The van der Waals surface area contributed by atoms with Crippen LogP contribution in [0.5, 0.6) is 0 Å². The maximum atomic E-state index is 13.2. The van der Waals surface area contributed by atoms with E-state index in [1.165, 1.54) is 12.1 Å². The van der Waals surface area contributed by atoms with Gasteiger partial charge in [-0.3, -0.25) is 19.8 Å². The average molecular weight is 467 g/mol. The highest BCUT2D eigenvalue weighted by Crippen LogP contribution is 2.49. The van der Waals surface area contributed by atoms with E-state index < -0.39 is 10.8 Å². The van der Waals surface area contributed by atoms with Crippen molar-refractivity contribution in [2.24, 2.45) is 5.73 Å². The molecule has 0 amide bonds. The van der Waals surface area contributed by atoms with E-state index in [-0.39, 0.29) is 17.3 Å². The minimum Gasteiger partial charge on any atom is -0.384 e. The minimum absolute atomic E-state index is 0.00299. The molecule has 7 nitrogen and oxygen atoms in total. The molecule has 32 heavy (non-hydrogen) atoms. The van der Waals surface area contributed by atoms with Crippen LogP contribution in [0.2, 0.25) is 0 Å². The summed E-state index contributed by atoms with van der Waals surface area (Å²) in [5, 5.41) is 23.5. The summed E-state index contributed by atoms with van der Waals surface area (Å²) in [6.45, 7) is 3.90. The molecule has 2 aliphatic rings. The van der Waals surface area contributed by atoms with Gasteiger partial charge in [0.15, 0.2) is 5.78 Å². The number of carbonyl (C=O) groups excluding carboxylic acids is 1. The second-order valence-electron chi connectivity index (χ2n) is 7.64. The smallest absolute Gasteiger partial charge is 0.271 e. The van der Waals surface area contributed by atoms with E-state index in [2.05, 4.69) is 13.0 Å². The van der Waals surface area contributed by atoms with Gasteiger partial charge in [-0.05, 0) is 48.1 Å². The number of carbonyl (C=O) groups is 1. The second kappa shape index (κ2) is 8.81. The number of hydrogen-bond acceptors (Lipinski definition) is 8. The highest BCUT2D eigenvalue weighted by molar-refractivity contribution is 8.01. The number of thiophene rings is 1. The Labute approximate surface area is 194 Å². The Morgan fingerprint density at radius 2 is 2.16 bits per heavy atom. The molecule has 2 heterocycles. The Kier molecular flexibility index (Phi) is 6.09. The van der Waals surface area contributed by atoms with Crippen LogP contribution in [-0.4, -0.2) is 16.5 Å². The van der Waals surface area contributed by atoms with Crippen LogP contribution in [0.4, 0.5) is 11.4 Å². The lowest BCUT2D eigenvalue weighted by Gasteiger charge is -2.40. The predicted molar refractivity (Wildman–Crippen MR) is 126 cm³/mol. The van der Waals surface area contributed by atoms with Gasteiger partial charge < -0.3 is 5.73 Å². The van der Waals surface area contributed by atoms with Gasteiger partial charge >= 0.3 is 0 Å². The standard InChI is InChI=1S/C23H22N4O3S2/c1-3-31-23-15(9-10-32-23)20-16(12-24)22(25)26(17-5-4-6-19(28)21(17)20)18-11-14(27(29)30)8-7-13(18)2/h7-11,20H,3-6,25H2,1-2H3. The SMILES string of the molecule is CCSc1sccc1C1C(C#N)=C(N)N(c2cc([N+](=O)[O-])ccc2C)C2=C1C(=O)CCC2. The van der Waals surface area contributed by atoms with Crippen LogP contribution in [0.3, 0.4) is 0 Å². The van der Waals surface area contributed by atoms with Gasteiger partial charge in [-0.25, -0.2) is 0 Å². The molecule has 0 spiro atoms. The molecule has 0 saturated heterocycles. The van der Waals surface area contributed by atoms with Gasteiger partial charge in [0.25, 0.3) is 5.69 Å². The zero-order chi connectivity index (χ0) is 23.0. The molecule has 1 aliphatic heterocycles. The molecule has 1 aliphatic carbocycles. The van der Waals surface area contributed by atoms with E-state index in [1.54, 1.807) is 34.1 Å².